The maximum absolute atomic E-state index is 11.5. The van der Waals surface area contributed by atoms with E-state index in [-0.39, 0.29) is 12.4 Å². The number of fused-ring (bicyclic) bond motifs is 1. The first-order valence-corrected chi connectivity index (χ1v) is 6.18. The summed E-state index contributed by atoms with van der Waals surface area (Å²) >= 11 is 0. The molecule has 0 saturated heterocycles. The number of rotatable bonds is 4. The molecule has 102 valence electrons. The lowest BCUT2D eigenvalue weighted by Gasteiger charge is -2.25. The lowest BCUT2D eigenvalue weighted by Crippen LogP contribution is -2.37. The highest BCUT2D eigenvalue weighted by atomic mass is 16.6. The van der Waals surface area contributed by atoms with Crippen LogP contribution in [-0.2, 0) is 20.7 Å². The van der Waals surface area contributed by atoms with Crippen molar-refractivity contribution >= 4 is 11.8 Å². The molecule has 0 fully saturated rings. The number of carbonyl (C=O) groups excluding carboxylic acids is 2. The van der Waals surface area contributed by atoms with Crippen LogP contribution >= 0.6 is 0 Å². The van der Waals surface area contributed by atoms with E-state index in [9.17, 15) is 9.59 Å². The third-order valence-corrected chi connectivity index (χ3v) is 2.67. The van der Waals surface area contributed by atoms with E-state index in [4.69, 9.17) is 14.2 Å². The second-order valence-corrected chi connectivity index (χ2v) is 4.33. The van der Waals surface area contributed by atoms with E-state index in [2.05, 4.69) is 0 Å². The molecule has 1 unspecified atom stereocenters. The summed E-state index contributed by atoms with van der Waals surface area (Å²) in [4.78, 5) is 22.6. The van der Waals surface area contributed by atoms with Crippen molar-refractivity contribution in [3.05, 3.63) is 23.8 Å². The van der Waals surface area contributed by atoms with Gasteiger partial charge in [0.2, 0.25) is 6.10 Å². The number of hydrogen-bond donors (Lipinski definition) is 0. The number of esters is 1. The van der Waals surface area contributed by atoms with Crippen molar-refractivity contribution in [1.82, 2.24) is 0 Å². The standard InChI is InChI=1S/C14H16O5/c1-3-17-14(16)13-8-18-12-7-10(6-9(2)15)4-5-11(12)19-13/h4-5,7,13H,3,6,8H2,1-2H3. The van der Waals surface area contributed by atoms with Gasteiger partial charge in [-0.05, 0) is 31.5 Å². The van der Waals surface area contributed by atoms with E-state index in [0.717, 1.165) is 5.56 Å². The largest absolute Gasteiger partial charge is 0.485 e. The van der Waals surface area contributed by atoms with E-state index >= 15 is 0 Å². The van der Waals surface area contributed by atoms with E-state index in [0.29, 0.717) is 24.5 Å². The van der Waals surface area contributed by atoms with Crippen LogP contribution in [0, 0.1) is 0 Å². The smallest absolute Gasteiger partial charge is 0.350 e. The van der Waals surface area contributed by atoms with Crippen molar-refractivity contribution in [1.29, 1.82) is 0 Å². The van der Waals surface area contributed by atoms with E-state index < -0.39 is 12.1 Å². The van der Waals surface area contributed by atoms with E-state index in [1.54, 1.807) is 25.1 Å². The van der Waals surface area contributed by atoms with Crippen LogP contribution in [0.4, 0.5) is 0 Å². The minimum absolute atomic E-state index is 0.0843. The van der Waals surface area contributed by atoms with Gasteiger partial charge in [0.25, 0.3) is 0 Å². The van der Waals surface area contributed by atoms with Gasteiger partial charge in [-0.25, -0.2) is 4.79 Å². The monoisotopic (exact) mass is 264 g/mol. The van der Waals surface area contributed by atoms with Gasteiger partial charge in [-0.3, -0.25) is 4.79 Å². The zero-order chi connectivity index (χ0) is 13.8. The summed E-state index contributed by atoms with van der Waals surface area (Å²) in [5, 5.41) is 0. The molecule has 0 aromatic heterocycles. The van der Waals surface area contributed by atoms with Crippen LogP contribution < -0.4 is 9.47 Å². The molecule has 1 aliphatic rings. The van der Waals surface area contributed by atoms with Crippen LogP contribution in [0.3, 0.4) is 0 Å². The molecule has 0 spiro atoms. The van der Waals surface area contributed by atoms with Gasteiger partial charge in [-0.15, -0.1) is 0 Å². The van der Waals surface area contributed by atoms with Crippen molar-refractivity contribution in [2.75, 3.05) is 13.2 Å². The Bertz CT molecular complexity index is 495. The van der Waals surface area contributed by atoms with Gasteiger partial charge < -0.3 is 14.2 Å². The van der Waals surface area contributed by atoms with Crippen LogP contribution in [0.1, 0.15) is 19.4 Å². The molecule has 0 bridgehead atoms. The van der Waals surface area contributed by atoms with Crippen molar-refractivity contribution in [2.45, 2.75) is 26.4 Å². The van der Waals surface area contributed by atoms with Gasteiger partial charge in [0.15, 0.2) is 11.5 Å². The van der Waals surface area contributed by atoms with Crippen molar-refractivity contribution in [3.63, 3.8) is 0 Å². The molecule has 0 aliphatic carbocycles. The molecule has 5 nitrogen and oxygen atoms in total. The normalized spacial score (nSPS) is 16.8. The molecule has 2 rings (SSSR count). The summed E-state index contributed by atoms with van der Waals surface area (Å²) in [6.07, 6.45) is -0.371. The van der Waals surface area contributed by atoms with Gasteiger partial charge >= 0.3 is 5.97 Å². The topological polar surface area (TPSA) is 61.8 Å². The molecule has 1 aliphatic heterocycles. The predicted octanol–water partition coefficient (Wildman–Crippen LogP) is 1.52. The average Bonchev–Trinajstić information content (AvgIpc) is 2.37. The number of carbonyl (C=O) groups is 2. The third-order valence-electron chi connectivity index (χ3n) is 2.67. The molecule has 0 amide bonds. The molecule has 1 aromatic carbocycles. The molecule has 1 aromatic rings. The quantitative estimate of drug-likeness (QED) is 0.772. The summed E-state index contributed by atoms with van der Waals surface area (Å²) < 4.78 is 15.9. The van der Waals surface area contributed by atoms with Crippen LogP contribution in [0.2, 0.25) is 0 Å². The first kappa shape index (κ1) is 13.4. The summed E-state index contributed by atoms with van der Waals surface area (Å²) in [7, 11) is 0. The third kappa shape index (κ3) is 3.24. The zero-order valence-electron chi connectivity index (χ0n) is 11.0. The number of hydrogen-bond acceptors (Lipinski definition) is 5. The summed E-state index contributed by atoms with van der Waals surface area (Å²) in [6.45, 7) is 3.70. The van der Waals surface area contributed by atoms with E-state index in [1.165, 1.54) is 6.92 Å². The van der Waals surface area contributed by atoms with Gasteiger partial charge in [-0.1, -0.05) is 6.07 Å². The summed E-state index contributed by atoms with van der Waals surface area (Å²) in [6, 6.07) is 5.26. The Morgan fingerprint density at radius 3 is 2.84 bits per heavy atom. The molecule has 0 radical (unpaired) electrons. The average molecular weight is 264 g/mol. The second kappa shape index (κ2) is 5.73. The Morgan fingerprint density at radius 2 is 2.16 bits per heavy atom. The van der Waals surface area contributed by atoms with Gasteiger partial charge in [-0.2, -0.15) is 0 Å². The molecular weight excluding hydrogens is 248 g/mol. The van der Waals surface area contributed by atoms with Gasteiger partial charge in [0, 0.05) is 6.42 Å². The number of ether oxygens (including phenoxy) is 3. The maximum Gasteiger partial charge on any atom is 0.350 e. The van der Waals surface area contributed by atoms with E-state index in [1.807, 2.05) is 0 Å². The predicted molar refractivity (Wildman–Crippen MR) is 67.4 cm³/mol. The highest BCUT2D eigenvalue weighted by molar-refractivity contribution is 5.78. The van der Waals surface area contributed by atoms with Crippen LogP contribution in [0.25, 0.3) is 0 Å². The molecule has 1 atom stereocenters. The molecule has 19 heavy (non-hydrogen) atoms. The zero-order valence-corrected chi connectivity index (χ0v) is 11.0. The minimum Gasteiger partial charge on any atom is -0.485 e. The Morgan fingerprint density at radius 1 is 1.37 bits per heavy atom. The highest BCUT2D eigenvalue weighted by Gasteiger charge is 2.28. The van der Waals surface area contributed by atoms with Crippen molar-refractivity contribution < 1.29 is 23.8 Å². The fourth-order valence-electron chi connectivity index (χ4n) is 1.86. The first-order chi connectivity index (χ1) is 9.10. The number of Topliss-reactive ketones (excluding diaryl/α,β-unsaturated/α-hetero) is 1. The lowest BCUT2D eigenvalue weighted by atomic mass is 10.1. The lowest BCUT2D eigenvalue weighted by molar-refractivity contribution is -0.153. The van der Waals surface area contributed by atoms with Crippen LogP contribution in [0.5, 0.6) is 11.5 Å². The Labute approximate surface area is 111 Å². The maximum atomic E-state index is 11.5. The molecular formula is C14H16O5. The summed E-state index contributed by atoms with van der Waals surface area (Å²) in [5.41, 5.74) is 0.865. The Kier molecular flexibility index (Phi) is 4.04. The van der Waals surface area contributed by atoms with Crippen LogP contribution in [0.15, 0.2) is 18.2 Å². The SMILES string of the molecule is CCOC(=O)C1COc2cc(CC(C)=O)ccc2O1. The first-order valence-electron chi connectivity index (χ1n) is 6.18. The Balaban J connectivity index is 2.10. The molecule has 1 heterocycles. The van der Waals surface area contributed by atoms with Gasteiger partial charge in [0.1, 0.15) is 12.4 Å². The fraction of sp³-hybridized carbons (Fsp3) is 0.429. The van der Waals surface area contributed by atoms with Crippen molar-refractivity contribution in [2.24, 2.45) is 0 Å². The molecule has 0 saturated carbocycles. The highest BCUT2D eigenvalue weighted by Crippen LogP contribution is 2.33. The molecule has 0 N–H and O–H groups in total. The van der Waals surface area contributed by atoms with Crippen molar-refractivity contribution in [3.8, 4) is 11.5 Å². The second-order valence-electron chi connectivity index (χ2n) is 4.33. The minimum atomic E-state index is -0.730. The fourth-order valence-corrected chi connectivity index (χ4v) is 1.86. The Hall–Kier alpha value is -2.04. The van der Waals surface area contributed by atoms with Crippen LogP contribution in [-0.4, -0.2) is 31.1 Å². The van der Waals surface area contributed by atoms with Gasteiger partial charge in [0.05, 0.1) is 6.61 Å². The molecule has 5 heteroatoms. The number of benzene rings is 1. The summed E-state index contributed by atoms with van der Waals surface area (Å²) in [5.74, 6) is 0.706. The number of ketones is 1.